The average molecular weight is 432 g/mol. The SMILES string of the molecule is O=C(CCCc1nc(-c2ccc(F)cc2)no1)Nc1cc2c(cc1Cl)OCCCO2. The summed E-state index contributed by atoms with van der Waals surface area (Å²) in [4.78, 5) is 16.6. The fourth-order valence-corrected chi connectivity index (χ4v) is 3.17. The summed E-state index contributed by atoms with van der Waals surface area (Å²) in [5.74, 6) is 1.41. The van der Waals surface area contributed by atoms with Gasteiger partial charge in [0.05, 0.1) is 23.9 Å². The number of hydrogen-bond acceptors (Lipinski definition) is 6. The zero-order valence-electron chi connectivity index (χ0n) is 16.0. The smallest absolute Gasteiger partial charge is 0.226 e. The lowest BCUT2D eigenvalue weighted by Gasteiger charge is -2.12. The summed E-state index contributed by atoms with van der Waals surface area (Å²) in [5, 5.41) is 7.07. The van der Waals surface area contributed by atoms with Crippen molar-refractivity contribution in [1.29, 1.82) is 0 Å². The normalized spacial score (nSPS) is 13.0. The molecular weight excluding hydrogens is 413 g/mol. The second-order valence-electron chi connectivity index (χ2n) is 6.75. The van der Waals surface area contributed by atoms with Gasteiger partial charge in [0.2, 0.25) is 17.6 Å². The largest absolute Gasteiger partial charge is 0.490 e. The summed E-state index contributed by atoms with van der Waals surface area (Å²) in [6.45, 7) is 1.11. The molecule has 9 heteroatoms. The monoisotopic (exact) mass is 431 g/mol. The van der Waals surface area contributed by atoms with Gasteiger partial charge in [0.25, 0.3) is 0 Å². The second kappa shape index (κ2) is 9.13. The van der Waals surface area contributed by atoms with Gasteiger partial charge in [0.15, 0.2) is 11.5 Å². The maximum Gasteiger partial charge on any atom is 0.226 e. The number of amides is 1. The van der Waals surface area contributed by atoms with E-state index in [1.54, 1.807) is 24.3 Å². The molecule has 1 amide bonds. The Balaban J connectivity index is 1.30. The molecule has 2 aromatic carbocycles. The number of halogens is 2. The van der Waals surface area contributed by atoms with Crippen molar-refractivity contribution >= 4 is 23.2 Å². The van der Waals surface area contributed by atoms with Crippen LogP contribution in [0.4, 0.5) is 10.1 Å². The Labute approximate surface area is 177 Å². The van der Waals surface area contributed by atoms with Crippen LogP contribution in [0.2, 0.25) is 5.02 Å². The average Bonchev–Trinajstić information content (AvgIpc) is 3.08. The number of nitrogens with zero attached hydrogens (tertiary/aromatic N) is 2. The predicted molar refractivity (Wildman–Crippen MR) is 108 cm³/mol. The van der Waals surface area contributed by atoms with E-state index in [0.717, 1.165) is 6.42 Å². The van der Waals surface area contributed by atoms with E-state index in [2.05, 4.69) is 15.5 Å². The fraction of sp³-hybridized carbons (Fsp3) is 0.286. The van der Waals surface area contributed by atoms with Crippen molar-refractivity contribution in [1.82, 2.24) is 10.1 Å². The number of benzene rings is 2. The third-order valence-electron chi connectivity index (χ3n) is 4.48. The minimum atomic E-state index is -0.331. The third kappa shape index (κ3) is 4.88. The number of carbonyl (C=O) groups is 1. The van der Waals surface area contributed by atoms with Crippen LogP contribution >= 0.6 is 11.6 Å². The van der Waals surface area contributed by atoms with Crippen LogP contribution in [0.15, 0.2) is 40.9 Å². The van der Waals surface area contributed by atoms with Crippen LogP contribution in [-0.2, 0) is 11.2 Å². The molecule has 3 aromatic rings. The van der Waals surface area contributed by atoms with E-state index >= 15 is 0 Å². The van der Waals surface area contributed by atoms with Gasteiger partial charge >= 0.3 is 0 Å². The van der Waals surface area contributed by atoms with Crippen LogP contribution in [0.5, 0.6) is 11.5 Å². The highest BCUT2D eigenvalue weighted by atomic mass is 35.5. The zero-order valence-corrected chi connectivity index (χ0v) is 16.7. The Morgan fingerprint density at radius 1 is 1.13 bits per heavy atom. The van der Waals surface area contributed by atoms with Crippen LogP contribution in [0.25, 0.3) is 11.4 Å². The quantitative estimate of drug-likeness (QED) is 0.611. The van der Waals surface area contributed by atoms with E-state index < -0.39 is 0 Å². The second-order valence-corrected chi connectivity index (χ2v) is 7.16. The minimum Gasteiger partial charge on any atom is -0.490 e. The number of anilines is 1. The van der Waals surface area contributed by atoms with Crippen LogP contribution in [0.3, 0.4) is 0 Å². The summed E-state index contributed by atoms with van der Waals surface area (Å²) in [7, 11) is 0. The molecule has 0 bridgehead atoms. The standard InChI is InChI=1S/C21H19ClFN3O4/c22-15-11-17-18(29-10-2-9-28-17)12-16(15)24-19(27)3-1-4-20-25-21(26-30-20)13-5-7-14(23)8-6-13/h5-8,11-12H,1-4,9-10H2,(H,24,27). The third-order valence-corrected chi connectivity index (χ3v) is 4.79. The van der Waals surface area contributed by atoms with E-state index in [9.17, 15) is 9.18 Å². The maximum absolute atomic E-state index is 13.0. The number of aryl methyl sites for hydroxylation is 1. The molecule has 0 saturated heterocycles. The van der Waals surface area contributed by atoms with Gasteiger partial charge in [-0.3, -0.25) is 4.79 Å². The Hall–Kier alpha value is -3.13. The van der Waals surface area contributed by atoms with E-state index in [-0.39, 0.29) is 18.1 Å². The van der Waals surface area contributed by atoms with E-state index in [1.165, 1.54) is 12.1 Å². The molecule has 4 rings (SSSR count). The Morgan fingerprint density at radius 2 is 1.87 bits per heavy atom. The Bertz CT molecular complexity index is 1040. The van der Waals surface area contributed by atoms with Crippen molar-refractivity contribution < 1.29 is 23.2 Å². The lowest BCUT2D eigenvalue weighted by molar-refractivity contribution is -0.116. The first-order chi connectivity index (χ1) is 14.6. The topological polar surface area (TPSA) is 86.5 Å². The molecule has 2 heterocycles. The van der Waals surface area contributed by atoms with Crippen LogP contribution in [-0.4, -0.2) is 29.3 Å². The number of rotatable bonds is 6. The Kier molecular flexibility index (Phi) is 6.13. The summed E-state index contributed by atoms with van der Waals surface area (Å²) < 4.78 is 29.4. The summed E-state index contributed by atoms with van der Waals surface area (Å²) in [6.07, 6.45) is 1.99. The lowest BCUT2D eigenvalue weighted by Crippen LogP contribution is -2.12. The molecule has 0 atom stereocenters. The van der Waals surface area contributed by atoms with Gasteiger partial charge in [-0.15, -0.1) is 0 Å². The van der Waals surface area contributed by atoms with Crippen molar-refractivity contribution in [2.45, 2.75) is 25.7 Å². The molecule has 0 aliphatic carbocycles. The number of ether oxygens (including phenoxy) is 2. The number of nitrogens with one attached hydrogen (secondary N) is 1. The zero-order chi connectivity index (χ0) is 20.9. The van der Waals surface area contributed by atoms with Gasteiger partial charge in [0, 0.05) is 37.0 Å². The summed E-state index contributed by atoms with van der Waals surface area (Å²) >= 11 is 6.25. The molecule has 0 saturated carbocycles. The number of hydrogen-bond donors (Lipinski definition) is 1. The van der Waals surface area contributed by atoms with E-state index in [4.69, 9.17) is 25.6 Å². The number of fused-ring (bicyclic) bond motifs is 1. The lowest BCUT2D eigenvalue weighted by atomic mass is 10.2. The van der Waals surface area contributed by atoms with Gasteiger partial charge in [-0.2, -0.15) is 4.98 Å². The summed E-state index contributed by atoms with van der Waals surface area (Å²) in [5.41, 5.74) is 1.13. The first kappa shape index (κ1) is 20.2. The number of carbonyl (C=O) groups excluding carboxylic acids is 1. The molecule has 0 radical (unpaired) electrons. The maximum atomic E-state index is 13.0. The molecular formula is C21H19ClFN3O4. The van der Waals surface area contributed by atoms with Crippen molar-refractivity contribution in [2.75, 3.05) is 18.5 Å². The minimum absolute atomic E-state index is 0.190. The molecule has 1 aliphatic rings. The highest BCUT2D eigenvalue weighted by Crippen LogP contribution is 2.37. The van der Waals surface area contributed by atoms with Gasteiger partial charge in [-0.25, -0.2) is 4.39 Å². The molecule has 156 valence electrons. The van der Waals surface area contributed by atoms with Gasteiger partial charge in [0.1, 0.15) is 5.82 Å². The predicted octanol–water partition coefficient (Wildman–Crippen LogP) is 4.65. The van der Waals surface area contributed by atoms with Crippen molar-refractivity contribution in [3.8, 4) is 22.9 Å². The fourth-order valence-electron chi connectivity index (χ4n) is 2.97. The van der Waals surface area contributed by atoms with Crippen LogP contribution in [0, 0.1) is 5.82 Å². The van der Waals surface area contributed by atoms with Crippen LogP contribution < -0.4 is 14.8 Å². The first-order valence-corrected chi connectivity index (χ1v) is 9.94. The molecule has 7 nitrogen and oxygen atoms in total. The molecule has 0 unspecified atom stereocenters. The van der Waals surface area contributed by atoms with E-state index in [0.29, 0.717) is 65.5 Å². The van der Waals surface area contributed by atoms with Gasteiger partial charge in [-0.1, -0.05) is 16.8 Å². The molecule has 0 fully saturated rings. The van der Waals surface area contributed by atoms with Crippen molar-refractivity contribution in [2.24, 2.45) is 0 Å². The highest BCUT2D eigenvalue weighted by Gasteiger charge is 2.16. The molecule has 1 N–H and O–H groups in total. The number of aromatic nitrogens is 2. The van der Waals surface area contributed by atoms with Crippen molar-refractivity contribution in [3.63, 3.8) is 0 Å². The van der Waals surface area contributed by atoms with Gasteiger partial charge < -0.3 is 19.3 Å². The molecule has 1 aromatic heterocycles. The molecule has 0 spiro atoms. The summed E-state index contributed by atoms with van der Waals surface area (Å²) in [6, 6.07) is 9.15. The van der Waals surface area contributed by atoms with Gasteiger partial charge in [-0.05, 0) is 30.7 Å². The molecule has 30 heavy (non-hydrogen) atoms. The highest BCUT2D eigenvalue weighted by molar-refractivity contribution is 6.34. The Morgan fingerprint density at radius 3 is 2.63 bits per heavy atom. The first-order valence-electron chi connectivity index (χ1n) is 9.56. The van der Waals surface area contributed by atoms with Crippen molar-refractivity contribution in [3.05, 3.63) is 53.1 Å². The van der Waals surface area contributed by atoms with Crippen LogP contribution in [0.1, 0.15) is 25.2 Å². The molecule has 1 aliphatic heterocycles. The van der Waals surface area contributed by atoms with E-state index in [1.807, 2.05) is 0 Å².